The molecule has 0 amide bonds. The summed E-state index contributed by atoms with van der Waals surface area (Å²) in [5.74, 6) is 0. The Labute approximate surface area is 97.4 Å². The van der Waals surface area contributed by atoms with E-state index >= 15 is 0 Å². The number of unbranched alkanes of at least 4 members (excludes halogenated alkanes) is 2. The molecule has 0 unspecified atom stereocenters. The Balaban J connectivity index is 0. The highest BCUT2D eigenvalue weighted by Gasteiger charge is 1.85. The van der Waals surface area contributed by atoms with E-state index in [9.17, 15) is 0 Å². The van der Waals surface area contributed by atoms with E-state index in [1.807, 2.05) is 12.2 Å². The molecule has 0 rings (SSSR count). The molecule has 2 N–H and O–H groups in total. The van der Waals surface area contributed by atoms with E-state index in [2.05, 4.69) is 13.5 Å². The fraction of sp³-hybridized carbons (Fsp3) is 0.600. The highest BCUT2D eigenvalue weighted by atomic mass is 32.3. The fourth-order valence-corrected chi connectivity index (χ4v) is 0.757. The fourth-order valence-electron chi connectivity index (χ4n) is 0.757. The minimum atomic E-state index is -4.67. The second-order valence-corrected chi connectivity index (χ2v) is 3.79. The summed E-state index contributed by atoms with van der Waals surface area (Å²) in [4.78, 5) is 0. The van der Waals surface area contributed by atoms with E-state index in [-0.39, 0.29) is 0 Å². The third kappa shape index (κ3) is 37.7. The van der Waals surface area contributed by atoms with E-state index in [4.69, 9.17) is 22.3 Å². The second-order valence-electron chi connectivity index (χ2n) is 2.89. The van der Waals surface area contributed by atoms with Gasteiger partial charge in [-0.2, -0.15) is 8.42 Å². The predicted octanol–water partition coefficient (Wildman–Crippen LogP) is 2.28. The third-order valence-electron chi connectivity index (χ3n) is 1.38. The van der Waals surface area contributed by atoms with Crippen molar-refractivity contribution in [1.82, 2.24) is 0 Å². The van der Waals surface area contributed by atoms with Gasteiger partial charge < -0.3 is 4.74 Å². The van der Waals surface area contributed by atoms with Gasteiger partial charge in [-0.15, -0.1) is 0 Å². The zero-order chi connectivity index (χ0) is 12.9. The lowest BCUT2D eigenvalue weighted by atomic mass is 10.3. The Morgan fingerprint density at radius 2 is 1.88 bits per heavy atom. The Morgan fingerprint density at radius 3 is 2.31 bits per heavy atom. The van der Waals surface area contributed by atoms with Gasteiger partial charge in [-0.3, -0.25) is 9.11 Å². The lowest BCUT2D eigenvalue weighted by Crippen LogP contribution is -1.93. The molecule has 5 nitrogen and oxygen atoms in total. The maximum absolute atomic E-state index is 8.74. The molecule has 0 atom stereocenters. The topological polar surface area (TPSA) is 83.8 Å². The van der Waals surface area contributed by atoms with Gasteiger partial charge in [0.05, 0.1) is 6.61 Å². The second kappa shape index (κ2) is 12.4. The van der Waals surface area contributed by atoms with Crippen LogP contribution >= 0.6 is 0 Å². The minimum absolute atomic E-state index is 0.718. The molecule has 0 bridgehead atoms. The maximum Gasteiger partial charge on any atom is 0.394 e. The molecular weight excluding hydrogens is 232 g/mol. The van der Waals surface area contributed by atoms with Gasteiger partial charge in [-0.1, -0.05) is 44.6 Å². The average Bonchev–Trinajstić information content (AvgIpc) is 2.14. The van der Waals surface area contributed by atoms with Crippen molar-refractivity contribution in [1.29, 1.82) is 0 Å². The Hall–Kier alpha value is -0.690. The van der Waals surface area contributed by atoms with Gasteiger partial charge in [0.2, 0.25) is 0 Å². The molecule has 0 aliphatic rings. The molecule has 0 saturated carbocycles. The average molecular weight is 252 g/mol. The molecule has 0 aliphatic heterocycles. The van der Waals surface area contributed by atoms with Gasteiger partial charge >= 0.3 is 10.4 Å². The summed E-state index contributed by atoms with van der Waals surface area (Å²) in [6, 6.07) is 0. The van der Waals surface area contributed by atoms with Crippen LogP contribution in [0.5, 0.6) is 0 Å². The Kier molecular flexibility index (Phi) is 13.7. The van der Waals surface area contributed by atoms with E-state index in [0.717, 1.165) is 13.2 Å². The summed E-state index contributed by atoms with van der Waals surface area (Å²) in [5.41, 5.74) is 0. The van der Waals surface area contributed by atoms with Gasteiger partial charge in [0.25, 0.3) is 0 Å². The zero-order valence-corrected chi connectivity index (χ0v) is 10.3. The molecule has 0 aliphatic carbocycles. The zero-order valence-electron chi connectivity index (χ0n) is 9.50. The largest absolute Gasteiger partial charge is 0.394 e. The molecule has 16 heavy (non-hydrogen) atoms. The van der Waals surface area contributed by atoms with Gasteiger partial charge in [-0.05, 0) is 6.42 Å². The van der Waals surface area contributed by atoms with Crippen molar-refractivity contribution in [2.75, 3.05) is 13.2 Å². The molecule has 0 fully saturated rings. The Morgan fingerprint density at radius 1 is 1.31 bits per heavy atom. The van der Waals surface area contributed by atoms with Gasteiger partial charge in [-0.25, -0.2) is 0 Å². The first-order valence-corrected chi connectivity index (χ1v) is 6.36. The standard InChI is InChI=1S/C10H18O.H2O4S/c1-3-5-7-9-11-10-8-6-4-2;1-5(2,3)4/h3,5,7H,1,4,6,8-10H2,2H3;(H2,1,2,3,4). The van der Waals surface area contributed by atoms with Gasteiger partial charge in [0.1, 0.15) is 0 Å². The highest BCUT2D eigenvalue weighted by Crippen LogP contribution is 1.93. The normalized spacial score (nSPS) is 10.9. The van der Waals surface area contributed by atoms with Crippen LogP contribution in [0.3, 0.4) is 0 Å². The summed E-state index contributed by atoms with van der Waals surface area (Å²) in [5, 5.41) is 0. The first-order valence-electron chi connectivity index (χ1n) is 4.97. The molecule has 0 radical (unpaired) electrons. The monoisotopic (exact) mass is 252 g/mol. The summed E-state index contributed by atoms with van der Waals surface area (Å²) in [6.07, 6.45) is 9.34. The summed E-state index contributed by atoms with van der Waals surface area (Å²) in [6.45, 7) is 7.36. The van der Waals surface area contributed by atoms with Gasteiger partial charge in [0, 0.05) is 6.61 Å². The molecule has 96 valence electrons. The van der Waals surface area contributed by atoms with E-state index in [1.54, 1.807) is 6.08 Å². The summed E-state index contributed by atoms with van der Waals surface area (Å²) < 4.78 is 36.9. The van der Waals surface area contributed by atoms with Crippen LogP contribution in [-0.2, 0) is 15.1 Å². The predicted molar refractivity (Wildman–Crippen MR) is 63.9 cm³/mol. The molecule has 0 aromatic carbocycles. The number of ether oxygens (including phenoxy) is 1. The van der Waals surface area contributed by atoms with Crippen LogP contribution in [0.4, 0.5) is 0 Å². The van der Waals surface area contributed by atoms with Crippen LogP contribution < -0.4 is 0 Å². The third-order valence-corrected chi connectivity index (χ3v) is 1.38. The molecular formula is C10H20O5S. The lowest BCUT2D eigenvalue weighted by molar-refractivity contribution is 0.157. The van der Waals surface area contributed by atoms with Crippen molar-refractivity contribution in [3.05, 3.63) is 24.8 Å². The number of rotatable bonds is 7. The summed E-state index contributed by atoms with van der Waals surface area (Å²) >= 11 is 0. The molecule has 0 heterocycles. The van der Waals surface area contributed by atoms with Crippen LogP contribution in [0.1, 0.15) is 26.2 Å². The SMILES string of the molecule is C=CC=CCOCCCCC.O=S(=O)(O)O. The van der Waals surface area contributed by atoms with Gasteiger partial charge in [0.15, 0.2) is 0 Å². The first-order chi connectivity index (χ1) is 7.41. The van der Waals surface area contributed by atoms with Crippen molar-refractivity contribution in [3.8, 4) is 0 Å². The van der Waals surface area contributed by atoms with Crippen molar-refractivity contribution in [2.24, 2.45) is 0 Å². The van der Waals surface area contributed by atoms with E-state index in [1.165, 1.54) is 19.3 Å². The maximum atomic E-state index is 8.74. The molecule has 0 saturated heterocycles. The molecule has 0 aromatic heterocycles. The highest BCUT2D eigenvalue weighted by molar-refractivity contribution is 7.79. The van der Waals surface area contributed by atoms with E-state index < -0.39 is 10.4 Å². The first kappa shape index (κ1) is 17.7. The molecule has 6 heteroatoms. The molecule has 0 aromatic rings. The van der Waals surface area contributed by atoms with Crippen LogP contribution in [0.2, 0.25) is 0 Å². The van der Waals surface area contributed by atoms with Crippen LogP contribution in [-0.4, -0.2) is 30.7 Å². The van der Waals surface area contributed by atoms with Crippen LogP contribution in [0, 0.1) is 0 Å². The van der Waals surface area contributed by atoms with Crippen molar-refractivity contribution in [3.63, 3.8) is 0 Å². The van der Waals surface area contributed by atoms with Crippen LogP contribution in [0.15, 0.2) is 24.8 Å². The van der Waals surface area contributed by atoms with Crippen molar-refractivity contribution < 1.29 is 22.3 Å². The van der Waals surface area contributed by atoms with Crippen molar-refractivity contribution >= 4 is 10.4 Å². The molecule has 0 spiro atoms. The quantitative estimate of drug-likeness (QED) is 0.412. The number of hydrogen-bond donors (Lipinski definition) is 2. The van der Waals surface area contributed by atoms with Crippen LogP contribution in [0.25, 0.3) is 0 Å². The summed E-state index contributed by atoms with van der Waals surface area (Å²) in [7, 11) is -4.67. The number of allylic oxidation sites excluding steroid dienone is 2. The van der Waals surface area contributed by atoms with E-state index in [0.29, 0.717) is 0 Å². The smallest absolute Gasteiger partial charge is 0.377 e. The lowest BCUT2D eigenvalue weighted by Gasteiger charge is -1.98. The minimum Gasteiger partial charge on any atom is -0.377 e. The number of hydrogen-bond acceptors (Lipinski definition) is 3. The van der Waals surface area contributed by atoms with Crippen molar-refractivity contribution in [2.45, 2.75) is 26.2 Å². The Bertz CT molecular complexity index is 261.